The number of hydrogen-bond acceptors (Lipinski definition) is 6. The second-order valence-electron chi connectivity index (χ2n) is 6.45. The molecule has 0 spiro atoms. The fourth-order valence-electron chi connectivity index (χ4n) is 3.25. The second kappa shape index (κ2) is 7.51. The third-order valence-electron chi connectivity index (χ3n) is 4.70. The Labute approximate surface area is 171 Å². The lowest BCUT2D eigenvalue weighted by Crippen LogP contribution is -2.32. The van der Waals surface area contributed by atoms with Crippen LogP contribution in [0.25, 0.3) is 16.3 Å². The van der Waals surface area contributed by atoms with E-state index in [0.717, 1.165) is 16.1 Å². The monoisotopic (exact) mass is 409 g/mol. The van der Waals surface area contributed by atoms with Crippen LogP contribution in [0, 0.1) is 6.92 Å². The molecule has 3 heterocycles. The van der Waals surface area contributed by atoms with E-state index in [2.05, 4.69) is 15.1 Å². The lowest BCUT2D eigenvalue weighted by atomic mass is 10.2. The van der Waals surface area contributed by atoms with Gasteiger partial charge >= 0.3 is 6.09 Å². The fourth-order valence-corrected chi connectivity index (χ4v) is 4.35. The van der Waals surface area contributed by atoms with E-state index in [1.165, 1.54) is 16.2 Å². The van der Waals surface area contributed by atoms with Gasteiger partial charge in [-0.15, -0.1) is 5.10 Å². The molecule has 0 saturated heterocycles. The Balaban J connectivity index is 1.73. The summed E-state index contributed by atoms with van der Waals surface area (Å²) in [6.07, 6.45) is 2.36. The number of fused-ring (bicyclic) bond motifs is 1. The minimum Gasteiger partial charge on any atom is -0.497 e. The van der Waals surface area contributed by atoms with Gasteiger partial charge in [-0.3, -0.25) is 9.88 Å². The van der Waals surface area contributed by atoms with E-state index >= 15 is 0 Å². The quantitative estimate of drug-likeness (QED) is 0.525. The Morgan fingerprint density at radius 3 is 2.69 bits per heavy atom. The van der Waals surface area contributed by atoms with Gasteiger partial charge in [-0.25, -0.2) is 9.31 Å². The lowest BCUT2D eigenvalue weighted by molar-refractivity contribution is 0.199. The van der Waals surface area contributed by atoms with Gasteiger partial charge in [-0.1, -0.05) is 17.4 Å². The summed E-state index contributed by atoms with van der Waals surface area (Å²) < 4.78 is 7.00. The zero-order chi connectivity index (χ0) is 20.5. The summed E-state index contributed by atoms with van der Waals surface area (Å²) in [6.45, 7) is 3.78. The van der Waals surface area contributed by atoms with Gasteiger partial charge < -0.3 is 9.84 Å². The molecular formula is C20H19N5O3S. The zero-order valence-corrected chi connectivity index (χ0v) is 16.9. The summed E-state index contributed by atoms with van der Waals surface area (Å²) in [5, 5.41) is 14.5. The van der Waals surface area contributed by atoms with Crippen molar-refractivity contribution in [2.75, 3.05) is 12.0 Å². The van der Waals surface area contributed by atoms with Gasteiger partial charge in [0.25, 0.3) is 0 Å². The van der Waals surface area contributed by atoms with Crippen molar-refractivity contribution in [1.29, 1.82) is 0 Å². The molecule has 1 aromatic carbocycles. The number of carbonyl (C=O) groups is 1. The number of methoxy groups -OCH3 is 1. The molecule has 0 aliphatic heterocycles. The van der Waals surface area contributed by atoms with Gasteiger partial charge in [-0.05, 0) is 38.1 Å². The Morgan fingerprint density at radius 1 is 1.28 bits per heavy atom. The van der Waals surface area contributed by atoms with Crippen molar-refractivity contribution >= 4 is 28.1 Å². The van der Waals surface area contributed by atoms with Crippen molar-refractivity contribution < 1.29 is 14.6 Å². The van der Waals surface area contributed by atoms with E-state index in [9.17, 15) is 9.90 Å². The first-order valence-electron chi connectivity index (χ1n) is 8.92. The van der Waals surface area contributed by atoms with Gasteiger partial charge in [0.15, 0.2) is 5.82 Å². The molecule has 0 saturated carbocycles. The molecule has 0 aliphatic rings. The van der Waals surface area contributed by atoms with Crippen molar-refractivity contribution in [3.8, 4) is 17.1 Å². The predicted octanol–water partition coefficient (Wildman–Crippen LogP) is 4.42. The summed E-state index contributed by atoms with van der Waals surface area (Å²) in [6, 6.07) is 10.3. The average Bonchev–Trinajstić information content (AvgIpc) is 3.28. The van der Waals surface area contributed by atoms with Gasteiger partial charge in [0.05, 0.1) is 29.4 Å². The molecule has 1 unspecified atom stereocenters. The normalized spacial score (nSPS) is 12.1. The third-order valence-corrected chi connectivity index (χ3v) is 6.00. The number of hydrogen-bond donors (Lipinski definition) is 1. The van der Waals surface area contributed by atoms with E-state index in [1.807, 2.05) is 26.0 Å². The number of ether oxygens (including phenoxy) is 1. The van der Waals surface area contributed by atoms with E-state index in [0.29, 0.717) is 22.2 Å². The highest BCUT2D eigenvalue weighted by atomic mass is 32.1. The maximum absolute atomic E-state index is 12.1. The summed E-state index contributed by atoms with van der Waals surface area (Å²) >= 11 is 1.44. The van der Waals surface area contributed by atoms with Crippen LogP contribution in [0.4, 0.5) is 10.5 Å². The number of benzene rings is 1. The van der Waals surface area contributed by atoms with Crippen molar-refractivity contribution in [3.05, 3.63) is 59.4 Å². The zero-order valence-electron chi connectivity index (χ0n) is 16.1. The maximum Gasteiger partial charge on any atom is 0.412 e. The van der Waals surface area contributed by atoms with Crippen LogP contribution in [0.1, 0.15) is 23.5 Å². The van der Waals surface area contributed by atoms with Crippen LogP contribution in [-0.2, 0) is 0 Å². The molecule has 0 radical (unpaired) electrons. The third kappa shape index (κ3) is 3.40. The van der Waals surface area contributed by atoms with E-state index < -0.39 is 12.1 Å². The van der Waals surface area contributed by atoms with Crippen LogP contribution >= 0.6 is 11.3 Å². The molecule has 0 aliphatic carbocycles. The first-order chi connectivity index (χ1) is 14.0. The Hall–Kier alpha value is -3.46. The smallest absolute Gasteiger partial charge is 0.412 e. The van der Waals surface area contributed by atoms with Gasteiger partial charge in [0.2, 0.25) is 4.96 Å². The largest absolute Gasteiger partial charge is 0.497 e. The van der Waals surface area contributed by atoms with Crippen LogP contribution in [0.15, 0.2) is 48.8 Å². The van der Waals surface area contributed by atoms with Crippen LogP contribution in [0.3, 0.4) is 0 Å². The summed E-state index contributed by atoms with van der Waals surface area (Å²) in [5.41, 5.74) is 2.29. The number of amides is 1. The number of pyridine rings is 1. The number of nitrogens with zero attached hydrogens (tertiary/aromatic N) is 5. The molecular weight excluding hydrogens is 390 g/mol. The molecule has 0 fully saturated rings. The van der Waals surface area contributed by atoms with Crippen molar-refractivity contribution in [2.24, 2.45) is 0 Å². The SMILES string of the molecule is COc1cccc(N(C(=O)O)C(C)c2sc3nc(-c4ccncc4)nn3c2C)c1. The highest BCUT2D eigenvalue weighted by molar-refractivity contribution is 7.17. The molecule has 3 aromatic heterocycles. The number of anilines is 1. The number of thiazole rings is 1. The molecule has 4 rings (SSSR count). The van der Waals surface area contributed by atoms with Crippen LogP contribution in [0.5, 0.6) is 5.75 Å². The number of rotatable bonds is 5. The van der Waals surface area contributed by atoms with Crippen LogP contribution in [-0.4, -0.2) is 37.9 Å². The minimum absolute atomic E-state index is 0.419. The van der Waals surface area contributed by atoms with E-state index in [4.69, 9.17) is 4.74 Å². The van der Waals surface area contributed by atoms with Crippen LogP contribution in [0.2, 0.25) is 0 Å². The molecule has 148 valence electrons. The predicted molar refractivity (Wildman–Crippen MR) is 111 cm³/mol. The Kier molecular flexibility index (Phi) is 4.89. The van der Waals surface area contributed by atoms with Gasteiger partial charge in [-0.2, -0.15) is 4.98 Å². The molecule has 8 nitrogen and oxygen atoms in total. The summed E-state index contributed by atoms with van der Waals surface area (Å²) in [7, 11) is 1.55. The highest BCUT2D eigenvalue weighted by Gasteiger charge is 2.28. The van der Waals surface area contributed by atoms with Gasteiger partial charge in [0.1, 0.15) is 5.75 Å². The average molecular weight is 409 g/mol. The first kappa shape index (κ1) is 18.9. The maximum atomic E-state index is 12.1. The molecule has 1 atom stereocenters. The molecule has 29 heavy (non-hydrogen) atoms. The van der Waals surface area contributed by atoms with Crippen LogP contribution < -0.4 is 9.64 Å². The fraction of sp³-hybridized carbons (Fsp3) is 0.200. The first-order valence-corrected chi connectivity index (χ1v) is 9.74. The topological polar surface area (TPSA) is 92.8 Å². The van der Waals surface area contributed by atoms with E-state index in [1.54, 1.807) is 48.3 Å². The molecule has 9 heteroatoms. The van der Waals surface area contributed by atoms with Crippen molar-refractivity contribution in [3.63, 3.8) is 0 Å². The molecule has 0 bridgehead atoms. The molecule has 4 aromatic rings. The van der Waals surface area contributed by atoms with Gasteiger partial charge in [0, 0.05) is 24.0 Å². The molecule has 1 amide bonds. The standard InChI is InChI=1S/C20H19N5O3S/c1-12(24(20(26)27)15-5-4-6-16(11-15)28-3)17-13(2)25-19(29-17)22-18(23-25)14-7-9-21-10-8-14/h4-12H,1-3H3,(H,26,27). The minimum atomic E-state index is -1.04. The highest BCUT2D eigenvalue weighted by Crippen LogP contribution is 2.35. The Bertz CT molecular complexity index is 1170. The summed E-state index contributed by atoms with van der Waals surface area (Å²) in [5.74, 6) is 1.21. The van der Waals surface area contributed by atoms with Crippen molar-refractivity contribution in [1.82, 2.24) is 19.6 Å². The Morgan fingerprint density at radius 2 is 2.03 bits per heavy atom. The second-order valence-corrected chi connectivity index (χ2v) is 7.46. The van der Waals surface area contributed by atoms with E-state index in [-0.39, 0.29) is 0 Å². The lowest BCUT2D eigenvalue weighted by Gasteiger charge is -2.26. The number of aryl methyl sites for hydroxylation is 1. The van der Waals surface area contributed by atoms with Crippen molar-refractivity contribution in [2.45, 2.75) is 19.9 Å². The number of aromatic nitrogens is 4. The summed E-state index contributed by atoms with van der Waals surface area (Å²) in [4.78, 5) is 23.6. The molecule has 1 N–H and O–H groups in total. The number of carboxylic acid groups (broad SMARTS) is 1.